The van der Waals surface area contributed by atoms with Gasteiger partial charge in [-0.2, -0.15) is 0 Å². The first kappa shape index (κ1) is 15.2. The first-order valence-electron chi connectivity index (χ1n) is 7.03. The van der Waals surface area contributed by atoms with Crippen molar-refractivity contribution in [3.8, 4) is 0 Å². The lowest BCUT2D eigenvalue weighted by atomic mass is 10.1. The van der Waals surface area contributed by atoms with E-state index in [9.17, 15) is 8.42 Å². The minimum absolute atomic E-state index is 0.275. The topological polar surface area (TPSA) is 58.2 Å². The second kappa shape index (κ2) is 5.48. The van der Waals surface area contributed by atoms with Crippen molar-refractivity contribution >= 4 is 33.0 Å². The highest BCUT2D eigenvalue weighted by Crippen LogP contribution is 2.29. The molecule has 116 valence electrons. The zero-order valence-electron chi connectivity index (χ0n) is 12.4. The van der Waals surface area contributed by atoms with E-state index in [1.807, 2.05) is 13.0 Å². The molecule has 0 fully saturated rings. The fourth-order valence-electron chi connectivity index (χ4n) is 2.64. The molecule has 0 bridgehead atoms. The van der Waals surface area contributed by atoms with Gasteiger partial charge >= 0.3 is 0 Å². The van der Waals surface area contributed by atoms with Crippen LogP contribution < -0.4 is 10.0 Å². The van der Waals surface area contributed by atoms with Gasteiger partial charge in [-0.25, -0.2) is 8.42 Å². The van der Waals surface area contributed by atoms with Crippen LogP contribution in [0.25, 0.3) is 0 Å². The van der Waals surface area contributed by atoms with Crippen LogP contribution in [-0.2, 0) is 16.4 Å². The monoisotopic (exact) mass is 336 g/mol. The molecular formula is C16H17ClN2O2S. The van der Waals surface area contributed by atoms with Gasteiger partial charge in [0, 0.05) is 16.8 Å². The van der Waals surface area contributed by atoms with Crippen molar-refractivity contribution < 1.29 is 8.42 Å². The first-order chi connectivity index (χ1) is 10.3. The molecule has 0 amide bonds. The Kier molecular flexibility index (Phi) is 3.78. The van der Waals surface area contributed by atoms with Gasteiger partial charge in [0.05, 0.1) is 10.6 Å². The number of hydrogen-bond acceptors (Lipinski definition) is 3. The van der Waals surface area contributed by atoms with Crippen LogP contribution in [0.1, 0.15) is 18.1 Å². The van der Waals surface area contributed by atoms with Crippen molar-refractivity contribution in [2.24, 2.45) is 0 Å². The minimum atomic E-state index is -3.61. The highest BCUT2D eigenvalue weighted by Gasteiger charge is 2.21. The third-order valence-corrected chi connectivity index (χ3v) is 5.35. The molecule has 6 heteroatoms. The Bertz CT molecular complexity index is 834. The van der Waals surface area contributed by atoms with E-state index in [4.69, 9.17) is 11.6 Å². The van der Waals surface area contributed by atoms with Crippen molar-refractivity contribution in [2.45, 2.75) is 31.2 Å². The van der Waals surface area contributed by atoms with Crippen LogP contribution in [0, 0.1) is 6.92 Å². The van der Waals surface area contributed by atoms with Gasteiger partial charge in [-0.3, -0.25) is 4.72 Å². The van der Waals surface area contributed by atoms with Crippen LogP contribution >= 0.6 is 11.6 Å². The number of halogens is 1. The van der Waals surface area contributed by atoms with Crippen LogP contribution in [0.2, 0.25) is 5.02 Å². The number of anilines is 2. The minimum Gasteiger partial charge on any atom is -0.382 e. The molecule has 1 atom stereocenters. The fraction of sp³-hybridized carbons (Fsp3) is 0.250. The summed E-state index contributed by atoms with van der Waals surface area (Å²) < 4.78 is 27.7. The molecular weight excluding hydrogens is 320 g/mol. The van der Waals surface area contributed by atoms with E-state index < -0.39 is 10.0 Å². The standard InChI is InChI=1S/C16H17ClN2O2S/c1-10-7-13(17)3-5-15(10)19-22(20,21)14-4-6-16-12(9-14)8-11(2)18-16/h3-7,9,11,18-19H,8H2,1-2H3/t11-/m1/s1. The van der Waals surface area contributed by atoms with Crippen LogP contribution in [0.4, 0.5) is 11.4 Å². The summed E-state index contributed by atoms with van der Waals surface area (Å²) in [6.45, 7) is 3.89. The molecule has 0 saturated heterocycles. The molecule has 0 saturated carbocycles. The van der Waals surface area contributed by atoms with Crippen molar-refractivity contribution in [3.63, 3.8) is 0 Å². The quantitative estimate of drug-likeness (QED) is 0.896. The zero-order chi connectivity index (χ0) is 15.9. The summed E-state index contributed by atoms with van der Waals surface area (Å²) in [4.78, 5) is 0.275. The Labute approximate surface area is 135 Å². The second-order valence-corrected chi connectivity index (χ2v) is 7.75. The van der Waals surface area contributed by atoms with Crippen molar-refractivity contribution in [2.75, 3.05) is 10.0 Å². The van der Waals surface area contributed by atoms with Gasteiger partial charge in [0.25, 0.3) is 10.0 Å². The normalized spacial score (nSPS) is 17.0. The molecule has 22 heavy (non-hydrogen) atoms. The van der Waals surface area contributed by atoms with Gasteiger partial charge in [-0.1, -0.05) is 11.6 Å². The Balaban J connectivity index is 1.92. The summed E-state index contributed by atoms with van der Waals surface area (Å²) in [7, 11) is -3.61. The van der Waals surface area contributed by atoms with Crippen LogP contribution in [0.15, 0.2) is 41.3 Å². The Hall–Kier alpha value is -1.72. The lowest BCUT2D eigenvalue weighted by molar-refractivity contribution is 0.601. The largest absolute Gasteiger partial charge is 0.382 e. The number of fused-ring (bicyclic) bond motifs is 1. The molecule has 0 aromatic heterocycles. The Morgan fingerprint density at radius 2 is 2.00 bits per heavy atom. The van der Waals surface area contributed by atoms with E-state index in [2.05, 4.69) is 17.0 Å². The molecule has 0 aliphatic carbocycles. The first-order valence-corrected chi connectivity index (χ1v) is 8.90. The number of nitrogens with one attached hydrogen (secondary N) is 2. The summed E-state index contributed by atoms with van der Waals surface area (Å²) in [5, 5.41) is 3.89. The predicted octanol–water partition coefficient (Wildman–Crippen LogP) is 3.81. The van der Waals surface area contributed by atoms with Crippen LogP contribution in [-0.4, -0.2) is 14.5 Å². The number of sulfonamides is 1. The summed E-state index contributed by atoms with van der Waals surface area (Å²) in [5.41, 5.74) is 3.36. The molecule has 1 heterocycles. The van der Waals surface area contributed by atoms with E-state index >= 15 is 0 Å². The van der Waals surface area contributed by atoms with Crippen molar-refractivity contribution in [1.29, 1.82) is 0 Å². The van der Waals surface area contributed by atoms with Gasteiger partial charge in [0.1, 0.15) is 0 Å². The number of aryl methyl sites for hydroxylation is 1. The molecule has 0 spiro atoms. The van der Waals surface area contributed by atoms with Gasteiger partial charge in [-0.15, -0.1) is 0 Å². The van der Waals surface area contributed by atoms with Gasteiger partial charge < -0.3 is 5.32 Å². The highest BCUT2D eigenvalue weighted by molar-refractivity contribution is 7.92. The molecule has 2 aromatic rings. The third kappa shape index (κ3) is 2.91. The summed E-state index contributed by atoms with van der Waals surface area (Å²) in [6.07, 6.45) is 0.832. The number of hydrogen-bond donors (Lipinski definition) is 2. The number of rotatable bonds is 3. The fourth-order valence-corrected chi connectivity index (χ4v) is 4.05. The van der Waals surface area contributed by atoms with E-state index in [-0.39, 0.29) is 4.90 Å². The predicted molar refractivity (Wildman–Crippen MR) is 90.2 cm³/mol. The van der Waals surface area contributed by atoms with E-state index in [0.29, 0.717) is 16.8 Å². The molecule has 2 aromatic carbocycles. The van der Waals surface area contributed by atoms with Crippen LogP contribution in [0.5, 0.6) is 0 Å². The molecule has 1 aliphatic rings. The lowest BCUT2D eigenvalue weighted by Crippen LogP contribution is -2.14. The maximum absolute atomic E-state index is 12.6. The summed E-state index contributed by atoms with van der Waals surface area (Å²) >= 11 is 5.90. The average molecular weight is 337 g/mol. The molecule has 4 nitrogen and oxygen atoms in total. The van der Waals surface area contributed by atoms with E-state index in [0.717, 1.165) is 23.2 Å². The second-order valence-electron chi connectivity index (χ2n) is 5.63. The lowest BCUT2D eigenvalue weighted by Gasteiger charge is -2.11. The summed E-state index contributed by atoms with van der Waals surface area (Å²) in [5.74, 6) is 0. The van der Waals surface area contributed by atoms with E-state index in [1.165, 1.54) is 0 Å². The average Bonchev–Trinajstić information content (AvgIpc) is 2.81. The van der Waals surface area contributed by atoms with Crippen LogP contribution in [0.3, 0.4) is 0 Å². The van der Waals surface area contributed by atoms with Crippen molar-refractivity contribution in [3.05, 3.63) is 52.5 Å². The van der Waals surface area contributed by atoms with Gasteiger partial charge in [0.2, 0.25) is 0 Å². The SMILES string of the molecule is Cc1cc(Cl)ccc1NS(=O)(=O)c1ccc2c(c1)C[C@@H](C)N2. The van der Waals surface area contributed by atoms with E-state index in [1.54, 1.807) is 30.3 Å². The highest BCUT2D eigenvalue weighted by atomic mass is 35.5. The number of benzene rings is 2. The molecule has 3 rings (SSSR count). The summed E-state index contributed by atoms with van der Waals surface area (Å²) in [6, 6.07) is 10.6. The van der Waals surface area contributed by atoms with Gasteiger partial charge in [-0.05, 0) is 67.8 Å². The molecule has 0 unspecified atom stereocenters. The van der Waals surface area contributed by atoms with Gasteiger partial charge in [0.15, 0.2) is 0 Å². The Morgan fingerprint density at radius 1 is 1.23 bits per heavy atom. The zero-order valence-corrected chi connectivity index (χ0v) is 13.9. The van der Waals surface area contributed by atoms with Crippen molar-refractivity contribution in [1.82, 2.24) is 0 Å². The maximum atomic E-state index is 12.6. The Morgan fingerprint density at radius 3 is 2.73 bits per heavy atom. The molecule has 1 aliphatic heterocycles. The molecule has 0 radical (unpaired) electrons. The smallest absolute Gasteiger partial charge is 0.261 e. The maximum Gasteiger partial charge on any atom is 0.261 e. The third-order valence-electron chi connectivity index (χ3n) is 3.75. The molecule has 2 N–H and O–H groups in total.